The van der Waals surface area contributed by atoms with E-state index in [0.29, 0.717) is 12.1 Å². The fourth-order valence-electron chi connectivity index (χ4n) is 2.09. The molecule has 1 atom stereocenters. The Morgan fingerprint density at radius 1 is 1.50 bits per heavy atom. The molecule has 4 nitrogen and oxygen atoms in total. The first-order valence-electron chi connectivity index (χ1n) is 5.33. The van der Waals surface area contributed by atoms with Crippen LogP contribution in [0.3, 0.4) is 0 Å². The molecule has 0 bridgehead atoms. The Kier molecular flexibility index (Phi) is 3.03. The van der Waals surface area contributed by atoms with E-state index in [-0.39, 0.29) is 5.92 Å². The third-order valence-corrected chi connectivity index (χ3v) is 3.15. The van der Waals surface area contributed by atoms with E-state index in [1.807, 2.05) is 0 Å². The Balaban J connectivity index is 1.57. The molecule has 0 amide bonds. The summed E-state index contributed by atoms with van der Waals surface area (Å²) >= 11 is 0. The molecular formula is C10H17NO3. The van der Waals surface area contributed by atoms with E-state index < -0.39 is 5.97 Å². The summed E-state index contributed by atoms with van der Waals surface area (Å²) in [5, 5.41) is 12.0. The summed E-state index contributed by atoms with van der Waals surface area (Å²) < 4.78 is 5.47. The van der Waals surface area contributed by atoms with Crippen molar-refractivity contribution in [2.75, 3.05) is 13.2 Å². The Labute approximate surface area is 83.6 Å². The predicted octanol–water partition coefficient (Wildman–Crippen LogP) is 0.618. The zero-order valence-corrected chi connectivity index (χ0v) is 8.24. The van der Waals surface area contributed by atoms with E-state index in [1.165, 1.54) is 0 Å². The first kappa shape index (κ1) is 9.93. The summed E-state index contributed by atoms with van der Waals surface area (Å²) in [6.45, 7) is 1.77. The van der Waals surface area contributed by atoms with Crippen molar-refractivity contribution in [1.29, 1.82) is 0 Å². The number of ether oxygens (including phenoxy) is 1. The number of nitrogens with one attached hydrogen (secondary N) is 1. The van der Waals surface area contributed by atoms with E-state index in [9.17, 15) is 4.79 Å². The highest BCUT2D eigenvalue weighted by molar-refractivity contribution is 5.71. The highest BCUT2D eigenvalue weighted by atomic mass is 16.5. The lowest BCUT2D eigenvalue weighted by atomic mass is 9.80. The van der Waals surface area contributed by atoms with Gasteiger partial charge in [-0.25, -0.2) is 0 Å². The molecule has 0 radical (unpaired) electrons. The minimum absolute atomic E-state index is 0.114. The first-order chi connectivity index (χ1) is 6.75. The van der Waals surface area contributed by atoms with Crippen LogP contribution in [0.1, 0.15) is 25.7 Å². The quantitative estimate of drug-likeness (QED) is 0.696. The Bertz CT molecular complexity index is 207. The molecule has 1 unspecified atom stereocenters. The van der Waals surface area contributed by atoms with Gasteiger partial charge < -0.3 is 15.2 Å². The van der Waals surface area contributed by atoms with Gasteiger partial charge in [0.05, 0.1) is 12.0 Å². The van der Waals surface area contributed by atoms with Crippen molar-refractivity contribution in [3.8, 4) is 0 Å². The average molecular weight is 199 g/mol. The summed E-state index contributed by atoms with van der Waals surface area (Å²) in [5.41, 5.74) is 0. The molecule has 0 aromatic carbocycles. The van der Waals surface area contributed by atoms with Crippen molar-refractivity contribution in [2.45, 2.75) is 37.8 Å². The van der Waals surface area contributed by atoms with E-state index >= 15 is 0 Å². The van der Waals surface area contributed by atoms with Crippen LogP contribution in [-0.2, 0) is 9.53 Å². The maximum atomic E-state index is 10.5. The minimum atomic E-state index is -0.653. The van der Waals surface area contributed by atoms with Gasteiger partial charge in [0, 0.05) is 19.2 Å². The number of carboxylic acid groups (broad SMARTS) is 1. The molecule has 1 aliphatic heterocycles. The maximum absolute atomic E-state index is 10.5. The van der Waals surface area contributed by atoms with Gasteiger partial charge in [-0.1, -0.05) is 0 Å². The van der Waals surface area contributed by atoms with E-state index in [4.69, 9.17) is 9.84 Å². The van der Waals surface area contributed by atoms with Gasteiger partial charge in [0.25, 0.3) is 0 Å². The van der Waals surface area contributed by atoms with E-state index in [1.54, 1.807) is 0 Å². The molecule has 80 valence electrons. The normalized spacial score (nSPS) is 36.7. The van der Waals surface area contributed by atoms with Gasteiger partial charge in [0.1, 0.15) is 0 Å². The monoisotopic (exact) mass is 199 g/mol. The van der Waals surface area contributed by atoms with Crippen molar-refractivity contribution in [3.05, 3.63) is 0 Å². The Morgan fingerprint density at radius 3 is 2.86 bits per heavy atom. The summed E-state index contributed by atoms with van der Waals surface area (Å²) in [6, 6.07) is 0.403. The molecule has 1 saturated carbocycles. The number of rotatable bonds is 4. The molecule has 0 spiro atoms. The lowest BCUT2D eigenvalue weighted by molar-refractivity contribution is -0.145. The summed E-state index contributed by atoms with van der Waals surface area (Å²) in [7, 11) is 0. The lowest BCUT2D eigenvalue weighted by Crippen LogP contribution is -2.46. The first-order valence-corrected chi connectivity index (χ1v) is 5.33. The lowest BCUT2D eigenvalue weighted by Gasteiger charge is -2.33. The van der Waals surface area contributed by atoms with Crippen molar-refractivity contribution < 1.29 is 14.6 Å². The standard InChI is InChI=1S/C10H17NO3/c12-10(13)7-4-8(5-7)11-6-9-2-1-3-14-9/h7-9,11H,1-6H2,(H,12,13). The van der Waals surface area contributed by atoms with Crippen molar-refractivity contribution in [1.82, 2.24) is 5.32 Å². The molecule has 2 fully saturated rings. The van der Waals surface area contributed by atoms with Crippen molar-refractivity contribution in [3.63, 3.8) is 0 Å². The maximum Gasteiger partial charge on any atom is 0.306 e. The van der Waals surface area contributed by atoms with Crippen LogP contribution in [0.15, 0.2) is 0 Å². The number of hydrogen-bond donors (Lipinski definition) is 2. The Morgan fingerprint density at radius 2 is 2.29 bits per heavy atom. The molecular weight excluding hydrogens is 182 g/mol. The Hall–Kier alpha value is -0.610. The van der Waals surface area contributed by atoms with Crippen LogP contribution in [0.5, 0.6) is 0 Å². The molecule has 2 rings (SSSR count). The summed E-state index contributed by atoms with van der Waals surface area (Å²) in [4.78, 5) is 10.5. The molecule has 14 heavy (non-hydrogen) atoms. The highest BCUT2D eigenvalue weighted by Gasteiger charge is 2.34. The van der Waals surface area contributed by atoms with E-state index in [0.717, 1.165) is 38.8 Å². The van der Waals surface area contributed by atoms with Crippen molar-refractivity contribution in [2.24, 2.45) is 5.92 Å². The third kappa shape index (κ3) is 2.25. The van der Waals surface area contributed by atoms with E-state index in [2.05, 4.69) is 5.32 Å². The fourth-order valence-corrected chi connectivity index (χ4v) is 2.09. The smallest absolute Gasteiger partial charge is 0.306 e. The molecule has 0 aromatic heterocycles. The number of aliphatic carboxylic acids is 1. The van der Waals surface area contributed by atoms with Gasteiger partial charge in [-0.2, -0.15) is 0 Å². The van der Waals surface area contributed by atoms with Crippen LogP contribution in [0.2, 0.25) is 0 Å². The minimum Gasteiger partial charge on any atom is -0.481 e. The summed E-state index contributed by atoms with van der Waals surface area (Å²) in [6.07, 6.45) is 4.22. The zero-order chi connectivity index (χ0) is 9.97. The van der Waals surface area contributed by atoms with Crippen LogP contribution < -0.4 is 5.32 Å². The fraction of sp³-hybridized carbons (Fsp3) is 0.900. The molecule has 2 aliphatic rings. The molecule has 0 aromatic rings. The predicted molar refractivity (Wildman–Crippen MR) is 51.1 cm³/mol. The van der Waals surface area contributed by atoms with Gasteiger partial charge >= 0.3 is 5.97 Å². The van der Waals surface area contributed by atoms with Gasteiger partial charge in [0.2, 0.25) is 0 Å². The summed E-state index contributed by atoms with van der Waals surface area (Å²) in [5.74, 6) is -0.767. The molecule has 1 aliphatic carbocycles. The second-order valence-electron chi connectivity index (χ2n) is 4.25. The van der Waals surface area contributed by atoms with Gasteiger partial charge in [-0.05, 0) is 25.7 Å². The third-order valence-electron chi connectivity index (χ3n) is 3.15. The molecule has 1 heterocycles. The van der Waals surface area contributed by atoms with Crippen LogP contribution in [-0.4, -0.2) is 36.4 Å². The SMILES string of the molecule is O=C(O)C1CC(NCC2CCCO2)C1. The second-order valence-corrected chi connectivity index (χ2v) is 4.25. The topological polar surface area (TPSA) is 58.6 Å². The second kappa shape index (κ2) is 4.28. The van der Waals surface area contributed by atoms with Crippen LogP contribution in [0.25, 0.3) is 0 Å². The number of carboxylic acids is 1. The van der Waals surface area contributed by atoms with Crippen LogP contribution in [0.4, 0.5) is 0 Å². The zero-order valence-electron chi connectivity index (χ0n) is 8.24. The average Bonchev–Trinajstić information content (AvgIpc) is 2.52. The number of carbonyl (C=O) groups is 1. The van der Waals surface area contributed by atoms with Gasteiger partial charge in [0.15, 0.2) is 0 Å². The van der Waals surface area contributed by atoms with Crippen LogP contribution >= 0.6 is 0 Å². The molecule has 2 N–H and O–H groups in total. The van der Waals surface area contributed by atoms with Gasteiger partial charge in [-0.15, -0.1) is 0 Å². The van der Waals surface area contributed by atoms with Gasteiger partial charge in [-0.3, -0.25) is 4.79 Å². The molecule has 4 heteroatoms. The van der Waals surface area contributed by atoms with Crippen LogP contribution in [0, 0.1) is 5.92 Å². The number of hydrogen-bond acceptors (Lipinski definition) is 3. The van der Waals surface area contributed by atoms with Crippen molar-refractivity contribution >= 4 is 5.97 Å². The largest absolute Gasteiger partial charge is 0.481 e. The highest BCUT2D eigenvalue weighted by Crippen LogP contribution is 2.27. The molecule has 1 saturated heterocycles.